The molecule has 0 atom stereocenters. The Bertz CT molecular complexity index is 909. The number of fused-ring (bicyclic) bond motifs is 1. The van der Waals surface area contributed by atoms with Crippen molar-refractivity contribution in [2.75, 3.05) is 6.54 Å². The van der Waals surface area contributed by atoms with Crippen molar-refractivity contribution < 1.29 is 9.90 Å². The Labute approximate surface area is 146 Å². The van der Waals surface area contributed by atoms with E-state index < -0.39 is 5.60 Å². The number of nitrogens with one attached hydrogen (secondary N) is 2. The molecule has 25 heavy (non-hydrogen) atoms. The second kappa shape index (κ2) is 6.64. The molecular weight excluding hydrogens is 316 g/mol. The first-order valence-corrected chi connectivity index (χ1v) is 8.35. The van der Waals surface area contributed by atoms with E-state index in [4.69, 9.17) is 0 Å². The Kier molecular flexibility index (Phi) is 4.55. The quantitative estimate of drug-likeness (QED) is 0.667. The van der Waals surface area contributed by atoms with Crippen LogP contribution in [0.5, 0.6) is 0 Å². The van der Waals surface area contributed by atoms with Crippen LogP contribution in [0.4, 0.5) is 0 Å². The summed E-state index contributed by atoms with van der Waals surface area (Å²) in [6.45, 7) is 6.10. The SMILES string of the molecule is CCCNC(=O)c1c[nH]c2ncc(-c3cccc(C(C)(C)O)c3)nc12. The van der Waals surface area contributed by atoms with E-state index in [1.54, 1.807) is 26.2 Å². The average Bonchev–Trinajstić information content (AvgIpc) is 3.02. The number of hydrogen-bond acceptors (Lipinski definition) is 4. The van der Waals surface area contributed by atoms with E-state index in [1.165, 1.54) is 0 Å². The van der Waals surface area contributed by atoms with Crippen molar-refractivity contribution in [3.05, 3.63) is 47.8 Å². The number of aromatic nitrogens is 3. The summed E-state index contributed by atoms with van der Waals surface area (Å²) in [4.78, 5) is 24.3. The number of carbonyl (C=O) groups is 1. The highest BCUT2D eigenvalue weighted by Crippen LogP contribution is 2.26. The fourth-order valence-electron chi connectivity index (χ4n) is 2.60. The van der Waals surface area contributed by atoms with Crippen molar-refractivity contribution in [2.24, 2.45) is 0 Å². The number of rotatable bonds is 5. The van der Waals surface area contributed by atoms with Crippen molar-refractivity contribution in [3.63, 3.8) is 0 Å². The number of amides is 1. The fourth-order valence-corrected chi connectivity index (χ4v) is 2.60. The first-order chi connectivity index (χ1) is 11.9. The summed E-state index contributed by atoms with van der Waals surface area (Å²) in [5.41, 5.74) is 2.95. The van der Waals surface area contributed by atoms with Crippen LogP contribution in [0.2, 0.25) is 0 Å². The van der Waals surface area contributed by atoms with Gasteiger partial charge in [0.2, 0.25) is 0 Å². The van der Waals surface area contributed by atoms with Gasteiger partial charge in [0.25, 0.3) is 5.91 Å². The van der Waals surface area contributed by atoms with Crippen molar-refractivity contribution >= 4 is 17.1 Å². The molecule has 2 aromatic heterocycles. The van der Waals surface area contributed by atoms with Gasteiger partial charge in [0, 0.05) is 18.3 Å². The van der Waals surface area contributed by atoms with Crippen LogP contribution in [-0.4, -0.2) is 32.5 Å². The van der Waals surface area contributed by atoms with Crippen LogP contribution in [-0.2, 0) is 5.60 Å². The Morgan fingerprint density at radius 2 is 2.16 bits per heavy atom. The van der Waals surface area contributed by atoms with Crippen LogP contribution >= 0.6 is 0 Å². The van der Waals surface area contributed by atoms with E-state index in [1.807, 2.05) is 31.2 Å². The van der Waals surface area contributed by atoms with E-state index in [2.05, 4.69) is 20.3 Å². The van der Waals surface area contributed by atoms with Crippen LogP contribution < -0.4 is 5.32 Å². The Morgan fingerprint density at radius 1 is 1.36 bits per heavy atom. The summed E-state index contributed by atoms with van der Waals surface area (Å²) >= 11 is 0. The molecule has 0 bridgehead atoms. The molecule has 0 fully saturated rings. The fraction of sp³-hybridized carbons (Fsp3) is 0.316. The van der Waals surface area contributed by atoms with E-state index in [-0.39, 0.29) is 5.91 Å². The van der Waals surface area contributed by atoms with Crippen molar-refractivity contribution in [1.29, 1.82) is 0 Å². The lowest BCUT2D eigenvalue weighted by Gasteiger charge is -2.18. The predicted octanol–water partition coefficient (Wildman–Crippen LogP) is 2.99. The number of carbonyl (C=O) groups excluding carboxylic acids is 1. The lowest BCUT2D eigenvalue weighted by molar-refractivity contribution is 0.0786. The largest absolute Gasteiger partial charge is 0.386 e. The van der Waals surface area contributed by atoms with Gasteiger partial charge >= 0.3 is 0 Å². The molecule has 0 aliphatic rings. The van der Waals surface area contributed by atoms with Gasteiger partial charge < -0.3 is 15.4 Å². The zero-order valence-electron chi connectivity index (χ0n) is 14.6. The number of aromatic amines is 1. The van der Waals surface area contributed by atoms with Gasteiger partial charge in [0.05, 0.1) is 23.1 Å². The third-order valence-corrected chi connectivity index (χ3v) is 4.03. The lowest BCUT2D eigenvalue weighted by Crippen LogP contribution is -2.23. The minimum absolute atomic E-state index is 0.162. The molecule has 0 unspecified atom stereocenters. The van der Waals surface area contributed by atoms with Gasteiger partial charge in [-0.05, 0) is 31.9 Å². The molecule has 0 radical (unpaired) electrons. The monoisotopic (exact) mass is 338 g/mol. The number of hydrogen-bond donors (Lipinski definition) is 3. The zero-order chi connectivity index (χ0) is 18.0. The molecule has 6 nitrogen and oxygen atoms in total. The number of nitrogens with zero attached hydrogens (tertiary/aromatic N) is 2. The topological polar surface area (TPSA) is 90.9 Å². The third kappa shape index (κ3) is 3.53. The van der Waals surface area contributed by atoms with Crippen LogP contribution in [0.25, 0.3) is 22.4 Å². The molecule has 0 spiro atoms. The smallest absolute Gasteiger partial charge is 0.255 e. The molecule has 3 N–H and O–H groups in total. The van der Waals surface area contributed by atoms with E-state index in [9.17, 15) is 9.90 Å². The van der Waals surface area contributed by atoms with Gasteiger partial charge in [0.1, 0.15) is 5.52 Å². The normalized spacial score (nSPS) is 11.7. The second-order valence-corrected chi connectivity index (χ2v) is 6.55. The number of H-pyrrole nitrogens is 1. The molecule has 1 aromatic carbocycles. The van der Waals surface area contributed by atoms with Crippen LogP contribution in [0.3, 0.4) is 0 Å². The van der Waals surface area contributed by atoms with Crippen LogP contribution in [0.1, 0.15) is 43.1 Å². The van der Waals surface area contributed by atoms with Crippen molar-refractivity contribution in [2.45, 2.75) is 32.8 Å². The van der Waals surface area contributed by atoms with E-state index >= 15 is 0 Å². The van der Waals surface area contributed by atoms with Gasteiger partial charge in [-0.15, -0.1) is 0 Å². The third-order valence-electron chi connectivity index (χ3n) is 4.03. The molecule has 3 aromatic rings. The highest BCUT2D eigenvalue weighted by Gasteiger charge is 2.18. The van der Waals surface area contributed by atoms with Gasteiger partial charge in [-0.3, -0.25) is 4.79 Å². The van der Waals surface area contributed by atoms with Crippen LogP contribution in [0, 0.1) is 0 Å². The first-order valence-electron chi connectivity index (χ1n) is 8.35. The Hall–Kier alpha value is -2.73. The molecule has 130 valence electrons. The first kappa shape index (κ1) is 17.1. The van der Waals surface area contributed by atoms with Crippen molar-refractivity contribution in [3.8, 4) is 11.3 Å². The average molecular weight is 338 g/mol. The van der Waals surface area contributed by atoms with E-state index in [0.29, 0.717) is 29.0 Å². The summed E-state index contributed by atoms with van der Waals surface area (Å²) in [5.74, 6) is -0.162. The van der Waals surface area contributed by atoms with E-state index in [0.717, 1.165) is 17.5 Å². The van der Waals surface area contributed by atoms with Gasteiger partial charge in [-0.1, -0.05) is 25.1 Å². The number of aliphatic hydroxyl groups is 1. The Morgan fingerprint density at radius 3 is 2.88 bits per heavy atom. The maximum absolute atomic E-state index is 12.3. The maximum Gasteiger partial charge on any atom is 0.255 e. The zero-order valence-corrected chi connectivity index (χ0v) is 14.6. The minimum atomic E-state index is -0.938. The van der Waals surface area contributed by atoms with Gasteiger partial charge in [-0.25, -0.2) is 9.97 Å². The summed E-state index contributed by atoms with van der Waals surface area (Å²) in [6.07, 6.45) is 4.16. The maximum atomic E-state index is 12.3. The molecular formula is C19H22N4O2. The molecule has 3 rings (SSSR count). The summed E-state index contributed by atoms with van der Waals surface area (Å²) in [5, 5.41) is 13.1. The number of benzene rings is 1. The summed E-state index contributed by atoms with van der Waals surface area (Å²) in [6, 6.07) is 7.55. The molecule has 6 heteroatoms. The molecule has 0 aliphatic carbocycles. The summed E-state index contributed by atoms with van der Waals surface area (Å²) in [7, 11) is 0. The highest BCUT2D eigenvalue weighted by molar-refractivity contribution is 6.04. The minimum Gasteiger partial charge on any atom is -0.386 e. The van der Waals surface area contributed by atoms with Gasteiger partial charge in [0.15, 0.2) is 5.65 Å². The predicted molar refractivity (Wildman–Crippen MR) is 97.2 cm³/mol. The van der Waals surface area contributed by atoms with Crippen LogP contribution in [0.15, 0.2) is 36.7 Å². The molecule has 0 saturated carbocycles. The molecule has 0 aliphatic heterocycles. The lowest BCUT2D eigenvalue weighted by atomic mass is 9.96. The molecule has 2 heterocycles. The standard InChI is InChI=1S/C19H22N4O2/c1-4-8-20-18(24)14-10-21-17-16(14)23-15(11-22-17)12-6-5-7-13(9-12)19(2,3)25/h5-7,9-11,25H,4,8H2,1-3H3,(H,20,24)(H,21,22). The van der Waals surface area contributed by atoms with Gasteiger partial charge in [-0.2, -0.15) is 0 Å². The molecule has 1 amide bonds. The second-order valence-electron chi connectivity index (χ2n) is 6.55. The van der Waals surface area contributed by atoms with Crippen molar-refractivity contribution in [1.82, 2.24) is 20.3 Å². The Balaban J connectivity index is 2.02. The molecule has 0 saturated heterocycles. The summed E-state index contributed by atoms with van der Waals surface area (Å²) < 4.78 is 0. The highest BCUT2D eigenvalue weighted by atomic mass is 16.3.